The summed E-state index contributed by atoms with van der Waals surface area (Å²) in [5, 5.41) is 12.2. The van der Waals surface area contributed by atoms with Gasteiger partial charge in [-0.3, -0.25) is 5.32 Å². The summed E-state index contributed by atoms with van der Waals surface area (Å²) in [6.45, 7) is 2.45. The van der Waals surface area contributed by atoms with Crippen molar-refractivity contribution >= 4 is 0 Å². The minimum Gasteiger partial charge on any atom is -0.491 e. The van der Waals surface area contributed by atoms with Crippen LogP contribution >= 0.6 is 0 Å². The van der Waals surface area contributed by atoms with E-state index in [9.17, 15) is 0 Å². The molecule has 0 saturated heterocycles. The van der Waals surface area contributed by atoms with Crippen LogP contribution in [0.25, 0.3) is 0 Å². The Hall–Kier alpha value is -1.53. The lowest BCUT2D eigenvalue weighted by atomic mass is 10.2. The standard InChI is InChI=1S/C13H16N2O/c1-10-2-6-13(7-3-10)16-9-12(8-14)15-11-4-5-11/h2-3,6-7,11-12,15H,4-5,9H2,1H3. The molecule has 3 heteroatoms. The molecular formula is C13H16N2O. The second-order valence-corrected chi connectivity index (χ2v) is 4.25. The summed E-state index contributed by atoms with van der Waals surface area (Å²) >= 11 is 0. The van der Waals surface area contributed by atoms with E-state index < -0.39 is 0 Å². The molecule has 1 N–H and O–H groups in total. The van der Waals surface area contributed by atoms with Crippen molar-refractivity contribution in [3.63, 3.8) is 0 Å². The van der Waals surface area contributed by atoms with E-state index in [1.54, 1.807) is 0 Å². The Morgan fingerprint density at radius 1 is 1.44 bits per heavy atom. The first-order valence-electron chi connectivity index (χ1n) is 5.63. The zero-order valence-corrected chi connectivity index (χ0v) is 9.44. The van der Waals surface area contributed by atoms with E-state index in [4.69, 9.17) is 10.00 Å². The summed E-state index contributed by atoms with van der Waals surface area (Å²) in [5.74, 6) is 0.823. The van der Waals surface area contributed by atoms with Gasteiger partial charge in [-0.1, -0.05) is 17.7 Å². The molecule has 0 aromatic heterocycles. The van der Waals surface area contributed by atoms with Crippen LogP contribution < -0.4 is 10.1 Å². The average Bonchev–Trinajstić information content (AvgIpc) is 3.10. The SMILES string of the molecule is Cc1ccc(OCC(C#N)NC2CC2)cc1. The summed E-state index contributed by atoms with van der Waals surface area (Å²) < 4.78 is 5.56. The van der Waals surface area contributed by atoms with Gasteiger partial charge < -0.3 is 4.74 Å². The topological polar surface area (TPSA) is 45.0 Å². The number of hydrogen-bond acceptors (Lipinski definition) is 3. The Morgan fingerprint density at radius 2 is 2.12 bits per heavy atom. The minimum absolute atomic E-state index is 0.200. The molecule has 1 aromatic rings. The molecule has 0 radical (unpaired) electrons. The van der Waals surface area contributed by atoms with Gasteiger partial charge in [0.2, 0.25) is 0 Å². The molecule has 3 nitrogen and oxygen atoms in total. The normalized spacial score (nSPS) is 16.5. The van der Waals surface area contributed by atoms with Gasteiger partial charge in [0.05, 0.1) is 6.07 Å². The Bertz CT molecular complexity index is 376. The van der Waals surface area contributed by atoms with Crippen molar-refractivity contribution in [1.82, 2.24) is 5.32 Å². The largest absolute Gasteiger partial charge is 0.491 e. The molecule has 0 spiro atoms. The molecule has 0 amide bonds. The smallest absolute Gasteiger partial charge is 0.130 e. The Morgan fingerprint density at radius 3 is 2.69 bits per heavy atom. The Kier molecular flexibility index (Phi) is 3.43. The third kappa shape index (κ3) is 3.25. The van der Waals surface area contributed by atoms with Crippen molar-refractivity contribution in [2.24, 2.45) is 0 Å². The van der Waals surface area contributed by atoms with Crippen LogP contribution in [0.15, 0.2) is 24.3 Å². The van der Waals surface area contributed by atoms with Crippen LogP contribution in [0.3, 0.4) is 0 Å². The first kappa shape index (κ1) is 11.0. The molecule has 0 heterocycles. The molecule has 1 atom stereocenters. The predicted octanol–water partition coefficient (Wildman–Crippen LogP) is 2.02. The van der Waals surface area contributed by atoms with E-state index in [-0.39, 0.29) is 6.04 Å². The highest BCUT2D eigenvalue weighted by Crippen LogP contribution is 2.19. The van der Waals surface area contributed by atoms with Gasteiger partial charge in [-0.25, -0.2) is 0 Å². The minimum atomic E-state index is -0.200. The van der Waals surface area contributed by atoms with Gasteiger partial charge in [0.1, 0.15) is 18.4 Å². The summed E-state index contributed by atoms with van der Waals surface area (Å²) in [5.41, 5.74) is 1.21. The predicted molar refractivity (Wildman–Crippen MR) is 62.2 cm³/mol. The van der Waals surface area contributed by atoms with Gasteiger partial charge in [-0.2, -0.15) is 5.26 Å². The molecule has 1 aromatic carbocycles. The van der Waals surface area contributed by atoms with Crippen LogP contribution in [0.2, 0.25) is 0 Å². The highest BCUT2D eigenvalue weighted by atomic mass is 16.5. The van der Waals surface area contributed by atoms with Gasteiger partial charge in [-0.15, -0.1) is 0 Å². The second kappa shape index (κ2) is 5.00. The van der Waals surface area contributed by atoms with Crippen molar-refractivity contribution in [2.75, 3.05) is 6.61 Å². The van der Waals surface area contributed by atoms with Gasteiger partial charge >= 0.3 is 0 Å². The average molecular weight is 216 g/mol. The van der Waals surface area contributed by atoms with Crippen LogP contribution in [0.5, 0.6) is 5.75 Å². The fraction of sp³-hybridized carbons (Fsp3) is 0.462. The van der Waals surface area contributed by atoms with Gasteiger partial charge in [0, 0.05) is 6.04 Å². The van der Waals surface area contributed by atoms with Crippen molar-refractivity contribution in [2.45, 2.75) is 31.8 Å². The van der Waals surface area contributed by atoms with Gasteiger partial charge in [0.15, 0.2) is 0 Å². The van der Waals surface area contributed by atoms with E-state index >= 15 is 0 Å². The van der Waals surface area contributed by atoms with Crippen LogP contribution in [-0.2, 0) is 0 Å². The maximum atomic E-state index is 8.93. The molecule has 1 fully saturated rings. The van der Waals surface area contributed by atoms with Crippen LogP contribution in [-0.4, -0.2) is 18.7 Å². The molecule has 0 aliphatic heterocycles. The number of hydrogen-bond donors (Lipinski definition) is 1. The number of nitrogens with one attached hydrogen (secondary N) is 1. The highest BCUT2D eigenvalue weighted by Gasteiger charge is 2.24. The molecule has 16 heavy (non-hydrogen) atoms. The summed E-state index contributed by atoms with van der Waals surface area (Å²) in [6, 6.07) is 10.4. The summed E-state index contributed by atoms with van der Waals surface area (Å²) in [4.78, 5) is 0. The molecule has 84 valence electrons. The molecule has 2 rings (SSSR count). The zero-order chi connectivity index (χ0) is 11.4. The highest BCUT2D eigenvalue weighted by molar-refractivity contribution is 5.26. The second-order valence-electron chi connectivity index (χ2n) is 4.25. The number of aryl methyl sites for hydroxylation is 1. The lowest BCUT2D eigenvalue weighted by Gasteiger charge is -2.12. The maximum absolute atomic E-state index is 8.93. The third-order valence-electron chi connectivity index (χ3n) is 2.61. The van der Waals surface area contributed by atoms with Crippen LogP contribution in [0.4, 0.5) is 0 Å². The van der Waals surface area contributed by atoms with E-state index in [0.717, 1.165) is 5.75 Å². The monoisotopic (exact) mass is 216 g/mol. The van der Waals surface area contributed by atoms with Crippen molar-refractivity contribution in [3.8, 4) is 11.8 Å². The number of rotatable bonds is 5. The van der Waals surface area contributed by atoms with Crippen LogP contribution in [0.1, 0.15) is 18.4 Å². The van der Waals surface area contributed by atoms with Crippen molar-refractivity contribution < 1.29 is 4.74 Å². The van der Waals surface area contributed by atoms with E-state index in [2.05, 4.69) is 11.4 Å². The number of nitrogens with zero attached hydrogens (tertiary/aromatic N) is 1. The number of ether oxygens (including phenoxy) is 1. The molecule has 1 saturated carbocycles. The van der Waals surface area contributed by atoms with Crippen molar-refractivity contribution in [1.29, 1.82) is 5.26 Å². The number of nitriles is 1. The van der Waals surface area contributed by atoms with E-state index in [0.29, 0.717) is 12.6 Å². The first-order chi connectivity index (χ1) is 7.78. The Labute approximate surface area is 96.0 Å². The third-order valence-corrected chi connectivity index (χ3v) is 2.61. The molecule has 0 bridgehead atoms. The first-order valence-corrected chi connectivity index (χ1v) is 5.63. The molecular weight excluding hydrogens is 200 g/mol. The van der Waals surface area contributed by atoms with E-state index in [1.165, 1.54) is 18.4 Å². The Balaban J connectivity index is 1.80. The lowest BCUT2D eigenvalue weighted by molar-refractivity contribution is 0.288. The fourth-order valence-corrected chi connectivity index (χ4v) is 1.47. The zero-order valence-electron chi connectivity index (χ0n) is 9.44. The van der Waals surface area contributed by atoms with Crippen molar-refractivity contribution in [3.05, 3.63) is 29.8 Å². The van der Waals surface area contributed by atoms with Gasteiger partial charge in [0.25, 0.3) is 0 Å². The summed E-state index contributed by atoms with van der Waals surface area (Å²) in [6.07, 6.45) is 2.37. The molecule has 1 aliphatic rings. The number of benzene rings is 1. The van der Waals surface area contributed by atoms with E-state index in [1.807, 2.05) is 31.2 Å². The fourth-order valence-electron chi connectivity index (χ4n) is 1.47. The quantitative estimate of drug-likeness (QED) is 0.819. The maximum Gasteiger partial charge on any atom is 0.130 e. The summed E-state index contributed by atoms with van der Waals surface area (Å²) in [7, 11) is 0. The molecule has 1 unspecified atom stereocenters. The lowest BCUT2D eigenvalue weighted by Crippen LogP contribution is -2.34. The van der Waals surface area contributed by atoms with Crippen LogP contribution in [0, 0.1) is 18.3 Å². The molecule has 1 aliphatic carbocycles. The van der Waals surface area contributed by atoms with Gasteiger partial charge in [-0.05, 0) is 31.9 Å².